The smallest absolute Gasteiger partial charge is 0.316 e. The lowest BCUT2D eigenvalue weighted by atomic mass is 10.2. The van der Waals surface area contributed by atoms with E-state index in [9.17, 15) is 4.79 Å². The third-order valence-electron chi connectivity index (χ3n) is 5.49. The molecular formula is C24H25Cl3N4O3. The lowest BCUT2D eigenvalue weighted by Crippen LogP contribution is -2.30. The topological polar surface area (TPSA) is 59.8 Å². The predicted molar refractivity (Wildman–Crippen MR) is 136 cm³/mol. The number of nitrogens with zero attached hydrogens (tertiary/aromatic N) is 4. The highest BCUT2D eigenvalue weighted by Gasteiger charge is 2.26. The number of ether oxygens (including phenoxy) is 2. The van der Waals surface area contributed by atoms with Gasteiger partial charge in [0.05, 0.1) is 25.2 Å². The van der Waals surface area contributed by atoms with E-state index in [4.69, 9.17) is 44.3 Å². The van der Waals surface area contributed by atoms with Crippen LogP contribution in [0.3, 0.4) is 0 Å². The van der Waals surface area contributed by atoms with Crippen molar-refractivity contribution in [3.63, 3.8) is 0 Å². The third kappa shape index (κ3) is 5.67. The number of aromatic nitrogens is 2. The molecule has 1 aliphatic rings. The minimum absolute atomic E-state index is 0.229. The number of halogens is 3. The summed E-state index contributed by atoms with van der Waals surface area (Å²) in [4.78, 5) is 17.7. The van der Waals surface area contributed by atoms with E-state index >= 15 is 0 Å². The molecule has 3 aromatic rings. The van der Waals surface area contributed by atoms with E-state index in [-0.39, 0.29) is 17.9 Å². The Morgan fingerprint density at radius 3 is 2.53 bits per heavy atom. The fourth-order valence-electron chi connectivity index (χ4n) is 3.81. The lowest BCUT2D eigenvalue weighted by molar-refractivity contribution is 0.109. The zero-order chi connectivity index (χ0) is 24.1. The molecule has 0 spiro atoms. The van der Waals surface area contributed by atoms with Crippen LogP contribution in [-0.4, -0.2) is 54.3 Å². The van der Waals surface area contributed by atoms with Gasteiger partial charge in [0, 0.05) is 46.9 Å². The second kappa shape index (κ2) is 11.4. The maximum Gasteiger partial charge on any atom is 0.316 e. The standard InChI is InChI=1S/C24H25Cl3N4O3/c1-2-33-11-12-34-23-22(14-28-31(24(23)32)18-6-3-5-17(25)13-18)30-10-9-29(16-30)15-19-20(26)7-4-8-21(19)27/h3-8,13-14H,2,9-12,15-16H2,1H3. The zero-order valence-corrected chi connectivity index (χ0v) is 21.0. The van der Waals surface area contributed by atoms with E-state index in [2.05, 4.69) is 14.9 Å². The molecule has 1 saturated heterocycles. The first-order chi connectivity index (χ1) is 16.5. The number of anilines is 1. The van der Waals surface area contributed by atoms with Crippen LogP contribution in [0.1, 0.15) is 12.5 Å². The molecule has 2 aromatic carbocycles. The van der Waals surface area contributed by atoms with Gasteiger partial charge in [0.25, 0.3) is 0 Å². The van der Waals surface area contributed by atoms with Gasteiger partial charge in [0.1, 0.15) is 12.3 Å². The molecule has 1 aliphatic heterocycles. The summed E-state index contributed by atoms with van der Waals surface area (Å²) in [6.07, 6.45) is 1.66. The van der Waals surface area contributed by atoms with Crippen LogP contribution in [-0.2, 0) is 11.3 Å². The average Bonchev–Trinajstić information content (AvgIpc) is 3.28. The molecule has 7 nitrogen and oxygen atoms in total. The molecule has 0 amide bonds. The summed E-state index contributed by atoms with van der Waals surface area (Å²) in [6, 6.07) is 12.5. The minimum atomic E-state index is -0.358. The van der Waals surface area contributed by atoms with Gasteiger partial charge >= 0.3 is 5.56 Å². The van der Waals surface area contributed by atoms with Crippen molar-refractivity contribution in [3.8, 4) is 11.4 Å². The van der Waals surface area contributed by atoms with Gasteiger partial charge in [0.15, 0.2) is 0 Å². The summed E-state index contributed by atoms with van der Waals surface area (Å²) in [5, 5.41) is 6.20. The van der Waals surface area contributed by atoms with Gasteiger partial charge in [-0.1, -0.05) is 46.9 Å². The molecule has 0 saturated carbocycles. The summed E-state index contributed by atoms with van der Waals surface area (Å²) >= 11 is 18.8. The molecule has 1 aromatic heterocycles. The van der Waals surface area contributed by atoms with Crippen molar-refractivity contribution in [3.05, 3.63) is 79.6 Å². The van der Waals surface area contributed by atoms with Crippen molar-refractivity contribution in [2.24, 2.45) is 0 Å². The van der Waals surface area contributed by atoms with Crippen molar-refractivity contribution in [1.29, 1.82) is 0 Å². The fraction of sp³-hybridized carbons (Fsp3) is 0.333. The van der Waals surface area contributed by atoms with E-state index < -0.39 is 0 Å². The molecule has 0 bridgehead atoms. The summed E-state index contributed by atoms with van der Waals surface area (Å²) in [5.74, 6) is 0.229. The number of benzene rings is 2. The van der Waals surface area contributed by atoms with Gasteiger partial charge in [-0.15, -0.1) is 0 Å². The molecule has 2 heterocycles. The van der Waals surface area contributed by atoms with Crippen molar-refractivity contribution in [1.82, 2.24) is 14.7 Å². The number of rotatable bonds is 9. The Morgan fingerprint density at radius 2 is 1.79 bits per heavy atom. The predicted octanol–water partition coefficient (Wildman–Crippen LogP) is 4.89. The Morgan fingerprint density at radius 1 is 1.03 bits per heavy atom. The second-order valence-electron chi connectivity index (χ2n) is 7.76. The third-order valence-corrected chi connectivity index (χ3v) is 6.43. The molecule has 0 radical (unpaired) electrons. The fourth-order valence-corrected chi connectivity index (χ4v) is 4.51. The number of hydrogen-bond donors (Lipinski definition) is 0. The summed E-state index contributed by atoms with van der Waals surface area (Å²) < 4.78 is 12.6. The molecule has 4 rings (SSSR count). The lowest BCUT2D eigenvalue weighted by Gasteiger charge is -2.23. The SMILES string of the molecule is CCOCCOc1c(N2CCN(Cc3c(Cl)cccc3Cl)C2)cnn(-c2cccc(Cl)c2)c1=O. The summed E-state index contributed by atoms with van der Waals surface area (Å²) in [6.45, 7) is 5.77. The Balaban J connectivity index is 1.60. The van der Waals surface area contributed by atoms with Crippen LogP contribution in [0, 0.1) is 0 Å². The average molecular weight is 524 g/mol. The maximum atomic E-state index is 13.4. The number of hydrogen-bond acceptors (Lipinski definition) is 6. The van der Waals surface area contributed by atoms with E-state index in [1.54, 1.807) is 30.5 Å². The molecule has 180 valence electrons. The Kier molecular flexibility index (Phi) is 8.34. The van der Waals surface area contributed by atoms with E-state index in [1.807, 2.05) is 25.1 Å². The highest BCUT2D eigenvalue weighted by Crippen LogP contribution is 2.30. The van der Waals surface area contributed by atoms with E-state index in [1.165, 1.54) is 4.68 Å². The van der Waals surface area contributed by atoms with Crippen LogP contribution in [0.4, 0.5) is 5.69 Å². The molecule has 34 heavy (non-hydrogen) atoms. The maximum absolute atomic E-state index is 13.4. The quantitative estimate of drug-likeness (QED) is 0.372. The van der Waals surface area contributed by atoms with Crippen LogP contribution in [0.2, 0.25) is 15.1 Å². The van der Waals surface area contributed by atoms with Crippen LogP contribution in [0.25, 0.3) is 5.69 Å². The minimum Gasteiger partial charge on any atom is -0.484 e. The normalized spacial score (nSPS) is 14.1. The van der Waals surface area contributed by atoms with Gasteiger partial charge in [-0.05, 0) is 37.3 Å². The zero-order valence-electron chi connectivity index (χ0n) is 18.7. The van der Waals surface area contributed by atoms with Gasteiger partial charge in [-0.25, -0.2) is 0 Å². The van der Waals surface area contributed by atoms with Crippen molar-refractivity contribution in [2.75, 3.05) is 44.5 Å². The Hall–Kier alpha value is -2.29. The molecule has 0 aliphatic carbocycles. The molecule has 1 fully saturated rings. The Labute approximate surface area is 213 Å². The molecule has 10 heteroatoms. The first-order valence-electron chi connectivity index (χ1n) is 11.0. The van der Waals surface area contributed by atoms with Crippen molar-refractivity contribution < 1.29 is 9.47 Å². The van der Waals surface area contributed by atoms with E-state index in [0.29, 0.717) is 59.4 Å². The van der Waals surface area contributed by atoms with Gasteiger partial charge < -0.3 is 14.4 Å². The summed E-state index contributed by atoms with van der Waals surface area (Å²) in [5.41, 5.74) is 1.72. The van der Waals surface area contributed by atoms with Crippen molar-refractivity contribution in [2.45, 2.75) is 13.5 Å². The van der Waals surface area contributed by atoms with E-state index in [0.717, 1.165) is 12.1 Å². The van der Waals surface area contributed by atoms with Gasteiger partial charge in [-0.2, -0.15) is 9.78 Å². The van der Waals surface area contributed by atoms with Crippen molar-refractivity contribution >= 4 is 40.5 Å². The highest BCUT2D eigenvalue weighted by molar-refractivity contribution is 6.36. The van der Waals surface area contributed by atoms with Crippen LogP contribution < -0.4 is 15.2 Å². The van der Waals surface area contributed by atoms with Crippen LogP contribution in [0.15, 0.2) is 53.5 Å². The first-order valence-corrected chi connectivity index (χ1v) is 12.1. The van der Waals surface area contributed by atoms with Gasteiger partial charge in [0.2, 0.25) is 5.75 Å². The highest BCUT2D eigenvalue weighted by atomic mass is 35.5. The molecular weight excluding hydrogens is 499 g/mol. The molecule has 0 atom stereocenters. The van der Waals surface area contributed by atoms with Crippen LogP contribution >= 0.6 is 34.8 Å². The first kappa shape index (κ1) is 24.8. The second-order valence-corrected chi connectivity index (χ2v) is 9.01. The van der Waals surface area contributed by atoms with Crippen LogP contribution in [0.5, 0.6) is 5.75 Å². The molecule has 0 unspecified atom stereocenters. The largest absolute Gasteiger partial charge is 0.484 e. The van der Waals surface area contributed by atoms with Gasteiger partial charge in [-0.3, -0.25) is 9.69 Å². The monoisotopic (exact) mass is 522 g/mol. The summed E-state index contributed by atoms with van der Waals surface area (Å²) in [7, 11) is 0. The molecule has 0 N–H and O–H groups in total. The Bertz CT molecular complexity index is 1180.